The molecular formula is C15H11N5O2. The van der Waals surface area contributed by atoms with Crippen LogP contribution in [0.15, 0.2) is 54.2 Å². The zero-order valence-electron chi connectivity index (χ0n) is 11.4. The molecule has 1 N–H and O–H groups in total. The Labute approximate surface area is 125 Å². The van der Waals surface area contributed by atoms with Crippen LogP contribution in [-0.4, -0.2) is 31.3 Å². The summed E-state index contributed by atoms with van der Waals surface area (Å²) in [5, 5.41) is 22.9. The van der Waals surface area contributed by atoms with E-state index in [0.29, 0.717) is 5.95 Å². The van der Waals surface area contributed by atoms with Crippen molar-refractivity contribution in [1.82, 2.24) is 20.2 Å². The average molecular weight is 293 g/mol. The molecule has 0 saturated carbocycles. The highest BCUT2D eigenvalue weighted by Crippen LogP contribution is 2.33. The van der Waals surface area contributed by atoms with Crippen molar-refractivity contribution >= 4 is 28.4 Å². The summed E-state index contributed by atoms with van der Waals surface area (Å²) in [6, 6.07) is 13.8. The van der Waals surface area contributed by atoms with E-state index >= 15 is 0 Å². The first-order chi connectivity index (χ1) is 10.7. The minimum absolute atomic E-state index is 0.152. The van der Waals surface area contributed by atoms with Gasteiger partial charge in [-0.1, -0.05) is 41.5 Å². The summed E-state index contributed by atoms with van der Waals surface area (Å²) in [6.07, 6.45) is 1.58. The molecule has 1 aromatic heterocycles. The van der Waals surface area contributed by atoms with Crippen molar-refractivity contribution in [2.75, 3.05) is 4.90 Å². The fourth-order valence-electron chi connectivity index (χ4n) is 2.61. The standard InChI is InChI=1S/C15H11N5O2/c21-14(22)11-8-19(15-16-17-18-20(15)9-11)13-7-3-5-10-4-1-2-6-12(10)13/h1-8H,9H2,(H,21,22). The predicted octanol–water partition coefficient (Wildman–Crippen LogP) is 1.95. The monoisotopic (exact) mass is 293 g/mol. The molecule has 1 aliphatic heterocycles. The second-order valence-corrected chi connectivity index (χ2v) is 4.96. The lowest BCUT2D eigenvalue weighted by atomic mass is 10.1. The maximum Gasteiger partial charge on any atom is 0.334 e. The molecule has 0 bridgehead atoms. The van der Waals surface area contributed by atoms with E-state index < -0.39 is 5.97 Å². The quantitative estimate of drug-likeness (QED) is 0.777. The van der Waals surface area contributed by atoms with Crippen LogP contribution < -0.4 is 4.90 Å². The molecule has 0 fully saturated rings. The highest BCUT2D eigenvalue weighted by Gasteiger charge is 2.25. The third-order valence-electron chi connectivity index (χ3n) is 3.63. The van der Waals surface area contributed by atoms with Crippen LogP contribution in [0.1, 0.15) is 0 Å². The van der Waals surface area contributed by atoms with E-state index in [2.05, 4.69) is 15.5 Å². The van der Waals surface area contributed by atoms with Gasteiger partial charge in [0.25, 0.3) is 5.95 Å². The molecule has 0 radical (unpaired) electrons. The van der Waals surface area contributed by atoms with Gasteiger partial charge in [0.2, 0.25) is 0 Å². The second kappa shape index (κ2) is 4.66. The number of carbonyl (C=O) groups is 1. The summed E-state index contributed by atoms with van der Waals surface area (Å²) in [7, 11) is 0. The van der Waals surface area contributed by atoms with Crippen molar-refractivity contribution < 1.29 is 9.90 Å². The Balaban J connectivity index is 1.96. The number of hydrogen-bond acceptors (Lipinski definition) is 5. The number of carboxylic acids is 1. The molecule has 0 spiro atoms. The molecule has 3 aromatic rings. The van der Waals surface area contributed by atoms with Gasteiger partial charge in [-0.3, -0.25) is 4.90 Å². The molecule has 0 saturated heterocycles. The van der Waals surface area contributed by atoms with Crippen molar-refractivity contribution in [3.63, 3.8) is 0 Å². The zero-order chi connectivity index (χ0) is 15.1. The first-order valence-electron chi connectivity index (χ1n) is 6.71. The molecule has 1 aliphatic rings. The maximum absolute atomic E-state index is 11.3. The van der Waals surface area contributed by atoms with Crippen molar-refractivity contribution in [2.24, 2.45) is 0 Å². The Morgan fingerprint density at radius 1 is 1.14 bits per heavy atom. The molecule has 0 unspecified atom stereocenters. The van der Waals surface area contributed by atoms with Gasteiger partial charge in [0.1, 0.15) is 0 Å². The average Bonchev–Trinajstić information content (AvgIpc) is 3.02. The summed E-state index contributed by atoms with van der Waals surface area (Å²) in [5.41, 5.74) is 1.07. The highest BCUT2D eigenvalue weighted by atomic mass is 16.4. The van der Waals surface area contributed by atoms with Crippen LogP contribution in [0.2, 0.25) is 0 Å². The Bertz CT molecular complexity index is 910. The summed E-state index contributed by atoms with van der Waals surface area (Å²) >= 11 is 0. The minimum atomic E-state index is -0.980. The topological polar surface area (TPSA) is 84.1 Å². The van der Waals surface area contributed by atoms with Crippen molar-refractivity contribution in [3.8, 4) is 0 Å². The van der Waals surface area contributed by atoms with Gasteiger partial charge in [-0.25, -0.2) is 9.48 Å². The van der Waals surface area contributed by atoms with Crippen molar-refractivity contribution in [2.45, 2.75) is 6.54 Å². The van der Waals surface area contributed by atoms with Gasteiger partial charge in [0.15, 0.2) is 0 Å². The number of aromatic nitrogens is 4. The van der Waals surface area contributed by atoms with E-state index in [4.69, 9.17) is 0 Å². The SMILES string of the molecule is O=C(O)C1=CN(c2cccc3ccccc23)c2nnnn2C1. The third-order valence-corrected chi connectivity index (χ3v) is 3.63. The molecule has 108 valence electrons. The number of aliphatic carboxylic acids is 1. The molecular weight excluding hydrogens is 282 g/mol. The van der Waals surface area contributed by atoms with Gasteiger partial charge in [0.05, 0.1) is 17.8 Å². The minimum Gasteiger partial charge on any atom is -0.478 e. The number of nitrogens with zero attached hydrogens (tertiary/aromatic N) is 5. The zero-order valence-corrected chi connectivity index (χ0v) is 11.4. The number of rotatable bonds is 2. The fourth-order valence-corrected chi connectivity index (χ4v) is 2.61. The van der Waals surface area contributed by atoms with E-state index in [1.165, 1.54) is 4.68 Å². The summed E-state index contributed by atoms with van der Waals surface area (Å²) < 4.78 is 1.48. The number of carboxylic acid groups (broad SMARTS) is 1. The van der Waals surface area contributed by atoms with Crippen molar-refractivity contribution in [1.29, 1.82) is 0 Å². The number of hydrogen-bond donors (Lipinski definition) is 1. The van der Waals surface area contributed by atoms with Gasteiger partial charge in [-0.05, 0) is 21.9 Å². The second-order valence-electron chi connectivity index (χ2n) is 4.96. The summed E-state index contributed by atoms with van der Waals surface area (Å²) in [5.74, 6) is -0.479. The molecule has 7 heteroatoms. The molecule has 2 heterocycles. The molecule has 0 atom stereocenters. The Morgan fingerprint density at radius 3 is 2.82 bits per heavy atom. The molecule has 0 amide bonds. The van der Waals surface area contributed by atoms with Crippen LogP contribution in [0.25, 0.3) is 10.8 Å². The summed E-state index contributed by atoms with van der Waals surface area (Å²) in [4.78, 5) is 13.1. The van der Waals surface area contributed by atoms with Crippen LogP contribution in [0.5, 0.6) is 0 Å². The van der Waals surface area contributed by atoms with E-state index in [-0.39, 0.29) is 12.1 Å². The lowest BCUT2D eigenvalue weighted by Gasteiger charge is -2.25. The first kappa shape index (κ1) is 12.5. The Hall–Kier alpha value is -3.22. The Kier molecular flexibility index (Phi) is 2.65. The van der Waals surface area contributed by atoms with Gasteiger partial charge in [-0.2, -0.15) is 0 Å². The number of anilines is 2. The van der Waals surface area contributed by atoms with Crippen LogP contribution in [0.3, 0.4) is 0 Å². The van der Waals surface area contributed by atoms with Crippen LogP contribution >= 0.6 is 0 Å². The van der Waals surface area contributed by atoms with E-state index in [1.807, 2.05) is 42.5 Å². The van der Waals surface area contributed by atoms with Gasteiger partial charge in [-0.15, -0.1) is 0 Å². The maximum atomic E-state index is 11.3. The molecule has 4 rings (SSSR count). The molecule has 7 nitrogen and oxygen atoms in total. The normalized spacial score (nSPS) is 13.8. The predicted molar refractivity (Wildman–Crippen MR) is 79.6 cm³/mol. The van der Waals surface area contributed by atoms with Gasteiger partial charge in [0, 0.05) is 11.6 Å². The molecule has 0 aliphatic carbocycles. The van der Waals surface area contributed by atoms with E-state index in [0.717, 1.165) is 16.5 Å². The van der Waals surface area contributed by atoms with Crippen LogP contribution in [0.4, 0.5) is 11.6 Å². The number of tetrazole rings is 1. The molecule has 22 heavy (non-hydrogen) atoms. The van der Waals surface area contributed by atoms with Crippen LogP contribution in [0, 0.1) is 0 Å². The number of benzene rings is 2. The van der Waals surface area contributed by atoms with Gasteiger partial charge >= 0.3 is 5.97 Å². The Morgan fingerprint density at radius 2 is 1.95 bits per heavy atom. The van der Waals surface area contributed by atoms with Gasteiger partial charge < -0.3 is 5.11 Å². The lowest BCUT2D eigenvalue weighted by Crippen LogP contribution is -2.25. The van der Waals surface area contributed by atoms with E-state index in [1.54, 1.807) is 11.1 Å². The third kappa shape index (κ3) is 1.83. The smallest absolute Gasteiger partial charge is 0.334 e. The summed E-state index contributed by atoms with van der Waals surface area (Å²) in [6.45, 7) is 0.152. The van der Waals surface area contributed by atoms with E-state index in [9.17, 15) is 9.90 Å². The highest BCUT2D eigenvalue weighted by molar-refractivity contribution is 5.97. The molecule has 2 aromatic carbocycles. The van der Waals surface area contributed by atoms with Crippen LogP contribution in [-0.2, 0) is 11.3 Å². The fraction of sp³-hybridized carbons (Fsp3) is 0.0667. The largest absolute Gasteiger partial charge is 0.478 e. The van der Waals surface area contributed by atoms with Crippen molar-refractivity contribution in [3.05, 3.63) is 54.2 Å². The first-order valence-corrected chi connectivity index (χ1v) is 6.71. The lowest BCUT2D eigenvalue weighted by molar-refractivity contribution is -0.132. The number of fused-ring (bicyclic) bond motifs is 2.